The third-order valence-corrected chi connectivity index (χ3v) is 4.01. The molecule has 4 nitrogen and oxygen atoms in total. The molecule has 104 valence electrons. The van der Waals surface area contributed by atoms with Gasteiger partial charge in [-0.15, -0.1) is 4.52 Å². The average molecular weight is 283 g/mol. The van der Waals surface area contributed by atoms with Crippen LogP contribution in [-0.2, 0) is 24.2 Å². The lowest BCUT2D eigenvalue weighted by Gasteiger charge is -2.24. The molecule has 0 aliphatic carbocycles. The van der Waals surface area contributed by atoms with Gasteiger partial charge < -0.3 is 4.74 Å². The van der Waals surface area contributed by atoms with E-state index in [2.05, 4.69) is 0 Å². The van der Waals surface area contributed by atoms with Crippen molar-refractivity contribution in [1.29, 1.82) is 0 Å². The van der Waals surface area contributed by atoms with Gasteiger partial charge in [-0.2, -0.15) is 0 Å². The third kappa shape index (κ3) is 4.50. The summed E-state index contributed by atoms with van der Waals surface area (Å²) in [7, 11) is -0.556. The minimum atomic E-state index is -1.92. The zero-order valence-corrected chi connectivity index (χ0v) is 12.3. The van der Waals surface area contributed by atoms with Crippen LogP contribution in [0.5, 0.6) is 0 Å². The first-order chi connectivity index (χ1) is 9.18. The lowest BCUT2D eigenvalue weighted by molar-refractivity contribution is -0.130. The Morgan fingerprint density at radius 3 is 2.53 bits per heavy atom. The highest BCUT2D eigenvalue weighted by Crippen LogP contribution is 2.35. The largest absolute Gasteiger partial charge is 0.511 e. The lowest BCUT2D eigenvalue weighted by Crippen LogP contribution is -2.35. The van der Waals surface area contributed by atoms with Gasteiger partial charge in [-0.3, -0.25) is 4.79 Å². The maximum atomic E-state index is 11.7. The van der Waals surface area contributed by atoms with Crippen LogP contribution in [0.3, 0.4) is 0 Å². The molecule has 0 saturated heterocycles. The number of ether oxygens (including phenoxy) is 1. The quantitative estimate of drug-likeness (QED) is 0.396. The Labute approximate surface area is 115 Å². The van der Waals surface area contributed by atoms with Crippen molar-refractivity contribution in [1.82, 2.24) is 0 Å². The van der Waals surface area contributed by atoms with Gasteiger partial charge in [-0.1, -0.05) is 43.7 Å². The van der Waals surface area contributed by atoms with E-state index in [9.17, 15) is 9.36 Å². The zero-order chi connectivity index (χ0) is 14.1. The van der Waals surface area contributed by atoms with Crippen LogP contribution in [0.1, 0.15) is 25.3 Å². The first-order valence-electron chi connectivity index (χ1n) is 6.33. The summed E-state index contributed by atoms with van der Waals surface area (Å²) in [4.78, 5) is 11.6. The molecule has 0 spiro atoms. The molecule has 0 saturated carbocycles. The topological polar surface area (TPSA) is 52.6 Å². The minimum absolute atomic E-state index is 0.0378. The Bertz CT molecular complexity index is 407. The molecule has 0 aliphatic heterocycles. The SMILES string of the molecule is CCCCOC(C=O)(C[P+](=O)OC)c1ccccc1. The molecule has 5 heteroatoms. The Morgan fingerprint density at radius 1 is 1.32 bits per heavy atom. The van der Waals surface area contributed by atoms with Crippen molar-refractivity contribution in [2.24, 2.45) is 0 Å². The number of unbranched alkanes of at least 4 members (excludes halogenated alkanes) is 1. The van der Waals surface area contributed by atoms with E-state index in [-0.39, 0.29) is 6.16 Å². The number of aldehydes is 1. The molecule has 2 atom stereocenters. The summed E-state index contributed by atoms with van der Waals surface area (Å²) in [5.74, 6) is 0. The molecule has 0 aromatic heterocycles. The maximum absolute atomic E-state index is 11.7. The van der Waals surface area contributed by atoms with Crippen molar-refractivity contribution in [3.8, 4) is 0 Å². The summed E-state index contributed by atoms with van der Waals surface area (Å²) < 4.78 is 22.2. The molecule has 0 bridgehead atoms. The predicted octanol–water partition coefficient (Wildman–Crippen LogP) is 3.29. The van der Waals surface area contributed by atoms with Gasteiger partial charge in [0.25, 0.3) is 0 Å². The van der Waals surface area contributed by atoms with Gasteiger partial charge in [0.1, 0.15) is 0 Å². The summed E-state index contributed by atoms with van der Waals surface area (Å²) >= 11 is 0. The highest BCUT2D eigenvalue weighted by Gasteiger charge is 2.42. The normalized spacial score (nSPS) is 14.7. The van der Waals surface area contributed by atoms with E-state index < -0.39 is 13.6 Å². The van der Waals surface area contributed by atoms with Crippen molar-refractivity contribution < 1.29 is 18.6 Å². The summed E-state index contributed by atoms with van der Waals surface area (Å²) in [5.41, 5.74) is -0.471. The minimum Gasteiger partial charge on any atom is -0.358 e. The van der Waals surface area contributed by atoms with E-state index in [0.717, 1.165) is 19.1 Å². The molecule has 1 aromatic carbocycles. The van der Waals surface area contributed by atoms with Crippen LogP contribution >= 0.6 is 8.03 Å². The van der Waals surface area contributed by atoms with Crippen LogP contribution in [0.15, 0.2) is 30.3 Å². The van der Waals surface area contributed by atoms with E-state index in [1.54, 1.807) is 12.1 Å². The number of benzene rings is 1. The standard InChI is InChI=1S/C14H20O4P/c1-3-4-10-18-14(11-15,12-19(16)17-2)13-8-6-5-7-9-13/h5-9,11H,3-4,10,12H2,1-2H3/q+1. The van der Waals surface area contributed by atoms with Crippen LogP contribution in [-0.4, -0.2) is 26.2 Å². The maximum Gasteiger partial charge on any atom is 0.511 e. The fourth-order valence-electron chi connectivity index (χ4n) is 1.73. The smallest absolute Gasteiger partial charge is 0.358 e. The van der Waals surface area contributed by atoms with Gasteiger partial charge in [0.2, 0.25) is 6.16 Å². The molecule has 0 fully saturated rings. The molecule has 0 heterocycles. The third-order valence-electron chi connectivity index (χ3n) is 2.88. The summed E-state index contributed by atoms with van der Waals surface area (Å²) in [6.07, 6.45) is 2.59. The monoisotopic (exact) mass is 283 g/mol. The van der Waals surface area contributed by atoms with E-state index in [1.807, 2.05) is 25.1 Å². The van der Waals surface area contributed by atoms with Crippen molar-refractivity contribution in [2.45, 2.75) is 25.4 Å². The second-order valence-electron chi connectivity index (χ2n) is 4.25. The van der Waals surface area contributed by atoms with Crippen LogP contribution in [0.25, 0.3) is 0 Å². The molecule has 0 radical (unpaired) electrons. The van der Waals surface area contributed by atoms with E-state index in [1.165, 1.54) is 7.11 Å². The fraction of sp³-hybridized carbons (Fsp3) is 0.500. The number of hydrogen-bond acceptors (Lipinski definition) is 4. The van der Waals surface area contributed by atoms with Crippen molar-refractivity contribution in [3.63, 3.8) is 0 Å². The zero-order valence-electron chi connectivity index (χ0n) is 11.4. The second-order valence-corrected chi connectivity index (χ2v) is 5.60. The van der Waals surface area contributed by atoms with Gasteiger partial charge >= 0.3 is 8.03 Å². The molecule has 0 N–H and O–H groups in total. The first-order valence-corrected chi connectivity index (χ1v) is 7.69. The van der Waals surface area contributed by atoms with E-state index in [0.29, 0.717) is 12.2 Å². The van der Waals surface area contributed by atoms with Crippen LogP contribution in [0.2, 0.25) is 0 Å². The summed E-state index contributed by atoms with van der Waals surface area (Å²) in [6, 6.07) is 9.13. The molecule has 0 amide bonds. The molecule has 0 aliphatic rings. The summed E-state index contributed by atoms with van der Waals surface area (Å²) in [6.45, 7) is 2.50. The lowest BCUT2D eigenvalue weighted by atomic mass is 9.97. The van der Waals surface area contributed by atoms with Crippen molar-refractivity contribution >= 4 is 14.3 Å². The average Bonchev–Trinajstić information content (AvgIpc) is 2.47. The fourth-order valence-corrected chi connectivity index (χ4v) is 2.60. The van der Waals surface area contributed by atoms with Crippen molar-refractivity contribution in [2.75, 3.05) is 19.9 Å². The van der Waals surface area contributed by atoms with Gasteiger partial charge in [0, 0.05) is 6.61 Å². The van der Waals surface area contributed by atoms with Crippen LogP contribution < -0.4 is 0 Å². The van der Waals surface area contributed by atoms with E-state index in [4.69, 9.17) is 9.26 Å². The highest BCUT2D eigenvalue weighted by molar-refractivity contribution is 7.39. The molecule has 1 rings (SSSR count). The number of carbonyl (C=O) groups excluding carboxylic acids is 1. The summed E-state index contributed by atoms with van der Waals surface area (Å²) in [5, 5.41) is 0. The Hall–Kier alpha value is -1.09. The number of carbonyl (C=O) groups is 1. The highest BCUT2D eigenvalue weighted by atomic mass is 31.1. The molecule has 1 aromatic rings. The Kier molecular flexibility index (Phi) is 6.85. The predicted molar refractivity (Wildman–Crippen MR) is 74.5 cm³/mol. The second kappa shape index (κ2) is 8.16. The van der Waals surface area contributed by atoms with Crippen LogP contribution in [0.4, 0.5) is 0 Å². The molecule has 19 heavy (non-hydrogen) atoms. The first kappa shape index (κ1) is 16.0. The number of hydrogen-bond donors (Lipinski definition) is 0. The van der Waals surface area contributed by atoms with Gasteiger partial charge in [0.15, 0.2) is 11.9 Å². The van der Waals surface area contributed by atoms with E-state index >= 15 is 0 Å². The van der Waals surface area contributed by atoms with Gasteiger partial charge in [-0.25, -0.2) is 0 Å². The molecular formula is C14H20O4P+. The van der Waals surface area contributed by atoms with Crippen molar-refractivity contribution in [3.05, 3.63) is 35.9 Å². The molecular weight excluding hydrogens is 263 g/mol. The van der Waals surface area contributed by atoms with Crippen LogP contribution in [0, 0.1) is 0 Å². The Balaban J connectivity index is 2.99. The molecule has 2 unspecified atom stereocenters. The van der Waals surface area contributed by atoms with Gasteiger partial charge in [-0.05, 0) is 16.5 Å². The Morgan fingerprint density at radius 2 is 2.00 bits per heavy atom. The number of rotatable bonds is 9. The van der Waals surface area contributed by atoms with Gasteiger partial charge in [0.05, 0.1) is 7.11 Å².